The molecule has 0 spiro atoms. The normalized spacial score (nSPS) is 11.8. The summed E-state index contributed by atoms with van der Waals surface area (Å²) < 4.78 is 18.6. The second-order valence-corrected chi connectivity index (χ2v) is 4.40. The molecule has 3 heteroatoms. The summed E-state index contributed by atoms with van der Waals surface area (Å²) in [5.41, 5.74) is 2.16. The Balaban J connectivity index is 2.21. The molecule has 1 aromatic heterocycles. The van der Waals surface area contributed by atoms with E-state index < -0.39 is 0 Å². The van der Waals surface area contributed by atoms with Crippen LogP contribution >= 0.6 is 0 Å². The molecule has 1 heterocycles. The van der Waals surface area contributed by atoms with Crippen LogP contribution < -0.4 is 5.32 Å². The van der Waals surface area contributed by atoms with Crippen LogP contribution in [0.5, 0.6) is 0 Å². The molecule has 0 radical (unpaired) electrons. The van der Waals surface area contributed by atoms with Gasteiger partial charge in [0.1, 0.15) is 17.3 Å². The molecule has 19 heavy (non-hydrogen) atoms. The van der Waals surface area contributed by atoms with Crippen molar-refractivity contribution in [2.45, 2.75) is 13.3 Å². The van der Waals surface area contributed by atoms with Gasteiger partial charge in [-0.25, -0.2) is 4.39 Å². The van der Waals surface area contributed by atoms with Crippen molar-refractivity contribution in [2.75, 3.05) is 13.6 Å². The summed E-state index contributed by atoms with van der Waals surface area (Å²) in [6, 6.07) is 10.2. The Bertz CT molecular complexity index is 554. The first-order valence-corrected chi connectivity index (χ1v) is 6.42. The van der Waals surface area contributed by atoms with Crippen molar-refractivity contribution in [3.05, 3.63) is 53.5 Å². The lowest BCUT2D eigenvalue weighted by Gasteiger charge is -2.01. The molecular weight excluding hydrogens is 241 g/mol. The number of likely N-dealkylation sites (N-methyl/N-ethyl adjacent to an activating group) is 1. The van der Waals surface area contributed by atoms with Crippen LogP contribution in [0.25, 0.3) is 17.4 Å². The molecule has 2 rings (SSSR count). The number of hydrogen-bond acceptors (Lipinski definition) is 2. The van der Waals surface area contributed by atoms with Crippen molar-refractivity contribution < 1.29 is 8.81 Å². The third-order valence-electron chi connectivity index (χ3n) is 2.96. The molecule has 0 aliphatic rings. The van der Waals surface area contributed by atoms with Crippen LogP contribution in [-0.4, -0.2) is 13.6 Å². The van der Waals surface area contributed by atoms with Gasteiger partial charge in [0.25, 0.3) is 0 Å². The minimum absolute atomic E-state index is 0.238. The van der Waals surface area contributed by atoms with Gasteiger partial charge < -0.3 is 9.73 Å². The van der Waals surface area contributed by atoms with Gasteiger partial charge in [-0.15, -0.1) is 0 Å². The molecule has 2 aromatic rings. The maximum atomic E-state index is 12.9. The van der Waals surface area contributed by atoms with Gasteiger partial charge in [-0.05, 0) is 55.9 Å². The van der Waals surface area contributed by atoms with E-state index in [1.807, 2.05) is 25.3 Å². The van der Waals surface area contributed by atoms with Crippen molar-refractivity contribution in [3.63, 3.8) is 0 Å². The summed E-state index contributed by atoms with van der Waals surface area (Å²) in [6.07, 6.45) is 3.02. The van der Waals surface area contributed by atoms with Crippen LogP contribution in [0.1, 0.15) is 19.1 Å². The van der Waals surface area contributed by atoms with Crippen molar-refractivity contribution in [3.8, 4) is 11.3 Å². The number of benzene rings is 1. The first-order chi connectivity index (χ1) is 9.22. The molecule has 0 amide bonds. The van der Waals surface area contributed by atoms with E-state index in [2.05, 4.69) is 12.2 Å². The molecule has 0 aliphatic heterocycles. The molecule has 0 saturated carbocycles. The Kier molecular flexibility index (Phi) is 4.53. The van der Waals surface area contributed by atoms with Crippen molar-refractivity contribution >= 4 is 6.08 Å². The zero-order valence-electron chi connectivity index (χ0n) is 11.2. The zero-order chi connectivity index (χ0) is 13.7. The highest BCUT2D eigenvalue weighted by Crippen LogP contribution is 2.23. The number of rotatable bonds is 5. The lowest BCUT2D eigenvalue weighted by atomic mass is 10.1. The Labute approximate surface area is 112 Å². The third-order valence-corrected chi connectivity index (χ3v) is 2.96. The van der Waals surface area contributed by atoms with Crippen molar-refractivity contribution in [2.24, 2.45) is 0 Å². The molecule has 0 aliphatic carbocycles. The predicted molar refractivity (Wildman–Crippen MR) is 76.3 cm³/mol. The van der Waals surface area contributed by atoms with E-state index >= 15 is 0 Å². The standard InChI is InChI=1S/C16H18FNO/c1-3-12(11-18-2)10-15-8-9-16(19-15)13-4-6-14(17)7-5-13/h4-10,18H,3,11H2,1-2H3. The van der Waals surface area contributed by atoms with E-state index in [0.29, 0.717) is 0 Å². The molecule has 0 atom stereocenters. The molecule has 0 bridgehead atoms. The van der Waals surface area contributed by atoms with Crippen molar-refractivity contribution in [1.29, 1.82) is 0 Å². The molecule has 0 unspecified atom stereocenters. The summed E-state index contributed by atoms with van der Waals surface area (Å²) in [6.45, 7) is 2.97. The molecule has 1 N–H and O–H groups in total. The Morgan fingerprint density at radius 2 is 1.95 bits per heavy atom. The average molecular weight is 259 g/mol. The van der Waals surface area contributed by atoms with Crippen molar-refractivity contribution in [1.82, 2.24) is 5.32 Å². The van der Waals surface area contributed by atoms with Crippen LogP contribution in [0.4, 0.5) is 4.39 Å². The van der Waals surface area contributed by atoms with Gasteiger partial charge in [0, 0.05) is 12.1 Å². The van der Waals surface area contributed by atoms with E-state index in [-0.39, 0.29) is 5.82 Å². The minimum atomic E-state index is -0.238. The lowest BCUT2D eigenvalue weighted by molar-refractivity contribution is 0.570. The molecule has 100 valence electrons. The van der Waals surface area contributed by atoms with E-state index in [1.54, 1.807) is 12.1 Å². The summed E-state index contributed by atoms with van der Waals surface area (Å²) in [5.74, 6) is 1.34. The summed E-state index contributed by atoms with van der Waals surface area (Å²) in [7, 11) is 1.93. The summed E-state index contributed by atoms with van der Waals surface area (Å²) >= 11 is 0. The highest BCUT2D eigenvalue weighted by atomic mass is 19.1. The molecule has 2 nitrogen and oxygen atoms in total. The van der Waals surface area contributed by atoms with Gasteiger partial charge in [0.15, 0.2) is 0 Å². The zero-order valence-corrected chi connectivity index (χ0v) is 11.2. The SMILES string of the molecule is CCC(=Cc1ccc(-c2ccc(F)cc2)o1)CNC. The molecule has 0 saturated heterocycles. The lowest BCUT2D eigenvalue weighted by Crippen LogP contribution is -2.09. The molecule has 1 aromatic carbocycles. The summed E-state index contributed by atoms with van der Waals surface area (Å²) in [5, 5.41) is 3.13. The van der Waals surface area contributed by atoms with Crippen LogP contribution in [0.3, 0.4) is 0 Å². The summed E-state index contributed by atoms with van der Waals surface area (Å²) in [4.78, 5) is 0. The maximum Gasteiger partial charge on any atom is 0.134 e. The molecule has 0 fully saturated rings. The van der Waals surface area contributed by atoms with E-state index in [9.17, 15) is 4.39 Å². The Hall–Kier alpha value is -1.87. The van der Waals surface area contributed by atoms with E-state index in [0.717, 1.165) is 30.0 Å². The van der Waals surface area contributed by atoms with E-state index in [1.165, 1.54) is 17.7 Å². The fourth-order valence-electron chi connectivity index (χ4n) is 1.91. The third kappa shape index (κ3) is 3.55. The average Bonchev–Trinajstić information content (AvgIpc) is 2.87. The predicted octanol–water partition coefficient (Wildman–Crippen LogP) is 4.10. The number of furan rings is 1. The van der Waals surface area contributed by atoms with Gasteiger partial charge in [-0.1, -0.05) is 12.5 Å². The van der Waals surface area contributed by atoms with Gasteiger partial charge in [-0.2, -0.15) is 0 Å². The second-order valence-electron chi connectivity index (χ2n) is 4.40. The van der Waals surface area contributed by atoms with E-state index in [4.69, 9.17) is 4.42 Å². The minimum Gasteiger partial charge on any atom is -0.457 e. The first-order valence-electron chi connectivity index (χ1n) is 6.42. The maximum absolute atomic E-state index is 12.9. The highest BCUT2D eigenvalue weighted by Gasteiger charge is 2.04. The monoisotopic (exact) mass is 259 g/mol. The smallest absolute Gasteiger partial charge is 0.134 e. The van der Waals surface area contributed by atoms with Crippen LogP contribution in [0.2, 0.25) is 0 Å². The number of nitrogens with one attached hydrogen (secondary N) is 1. The first kappa shape index (κ1) is 13.6. The second kappa shape index (κ2) is 6.34. The molecular formula is C16H18FNO. The highest BCUT2D eigenvalue weighted by molar-refractivity contribution is 5.60. The van der Waals surface area contributed by atoms with Crippen LogP contribution in [0, 0.1) is 5.82 Å². The van der Waals surface area contributed by atoms with Gasteiger partial charge in [0.05, 0.1) is 0 Å². The Morgan fingerprint density at radius 1 is 1.21 bits per heavy atom. The quantitative estimate of drug-likeness (QED) is 0.874. The fourth-order valence-corrected chi connectivity index (χ4v) is 1.91. The topological polar surface area (TPSA) is 25.2 Å². The number of hydrogen-bond donors (Lipinski definition) is 1. The number of halogens is 1. The van der Waals surface area contributed by atoms with Crippen LogP contribution in [0.15, 0.2) is 46.4 Å². The largest absolute Gasteiger partial charge is 0.457 e. The van der Waals surface area contributed by atoms with Gasteiger partial charge in [0.2, 0.25) is 0 Å². The Morgan fingerprint density at radius 3 is 2.58 bits per heavy atom. The fraction of sp³-hybridized carbons (Fsp3) is 0.250. The van der Waals surface area contributed by atoms with Gasteiger partial charge >= 0.3 is 0 Å². The van der Waals surface area contributed by atoms with Crippen LogP contribution in [-0.2, 0) is 0 Å². The van der Waals surface area contributed by atoms with Gasteiger partial charge in [-0.3, -0.25) is 0 Å².